The molecule has 3 aliphatic rings. The molecule has 2 saturated carbocycles. The second-order valence-corrected chi connectivity index (χ2v) is 12.7. The Balaban J connectivity index is 1.59. The molecular weight excluding hydrogens is 505 g/mol. The van der Waals surface area contributed by atoms with Crippen molar-refractivity contribution in [2.75, 3.05) is 4.43 Å². The summed E-state index contributed by atoms with van der Waals surface area (Å²) in [5.41, 5.74) is 0.862. The summed E-state index contributed by atoms with van der Waals surface area (Å²) in [5.74, 6) is 1.90. The minimum atomic E-state index is -3.10. The highest BCUT2D eigenvalue weighted by Crippen LogP contribution is 2.46. The lowest BCUT2D eigenvalue weighted by Crippen LogP contribution is -2.36. The van der Waals surface area contributed by atoms with Gasteiger partial charge in [-0.25, -0.2) is 0 Å². The van der Waals surface area contributed by atoms with Gasteiger partial charge in [-0.15, -0.1) is 20.7 Å². The molecule has 0 aliphatic heterocycles. The van der Waals surface area contributed by atoms with Gasteiger partial charge in [0.25, 0.3) is 0 Å². The van der Waals surface area contributed by atoms with Gasteiger partial charge in [0.2, 0.25) is 0 Å². The van der Waals surface area contributed by atoms with Crippen LogP contribution >= 0.6 is 20.7 Å². The summed E-state index contributed by atoms with van der Waals surface area (Å²) in [7, 11) is 0. The fourth-order valence-electron chi connectivity index (χ4n) is 5.87. The van der Waals surface area contributed by atoms with E-state index in [0.29, 0.717) is 24.5 Å². The van der Waals surface area contributed by atoms with Crippen molar-refractivity contribution in [2.24, 2.45) is 29.1 Å². The maximum atomic E-state index is 15.2. The Bertz CT molecular complexity index is 694. The van der Waals surface area contributed by atoms with Gasteiger partial charge in [0.05, 0.1) is 5.92 Å². The van der Waals surface area contributed by atoms with Gasteiger partial charge < -0.3 is 4.74 Å². The smallest absolute Gasteiger partial charge is 0.400 e. The van der Waals surface area contributed by atoms with E-state index in [1.807, 2.05) is 19.1 Å². The maximum absolute atomic E-state index is 15.2. The molecule has 31 heavy (non-hydrogen) atoms. The zero-order valence-corrected chi connectivity index (χ0v) is 21.8. The van der Waals surface area contributed by atoms with Crippen LogP contribution in [0.4, 0.5) is 8.78 Å². The summed E-state index contributed by atoms with van der Waals surface area (Å²) in [6, 6.07) is 0. The first-order valence-electron chi connectivity index (χ1n) is 12.2. The number of halogens is 3. The lowest BCUT2D eigenvalue weighted by Gasteiger charge is -2.39. The Morgan fingerprint density at radius 1 is 1.03 bits per heavy atom. The first kappa shape index (κ1) is 25.1. The first-order valence-corrected chi connectivity index (χ1v) is 15.3. The van der Waals surface area contributed by atoms with Crippen LogP contribution < -0.4 is 0 Å². The molecule has 0 aromatic rings. The van der Waals surface area contributed by atoms with Crippen molar-refractivity contribution < 1.29 is 13.5 Å². The predicted octanol–water partition coefficient (Wildman–Crippen LogP) is 8.82. The molecule has 1 nitrogen and oxygen atoms in total. The molecule has 4 heteroatoms. The molecule has 0 saturated heterocycles. The largest absolute Gasteiger partial charge is 0.433 e. The van der Waals surface area contributed by atoms with Crippen LogP contribution in [0.3, 0.4) is 0 Å². The number of alkyl halides is 3. The van der Waals surface area contributed by atoms with Crippen LogP contribution in [0.5, 0.6) is 0 Å². The third kappa shape index (κ3) is 7.23. The predicted molar refractivity (Wildman–Crippen MR) is 137 cm³/mol. The molecular formula is C27H41F2IO. The van der Waals surface area contributed by atoms with E-state index < -0.39 is 12.0 Å². The van der Waals surface area contributed by atoms with Crippen molar-refractivity contribution in [1.29, 1.82) is 0 Å². The number of allylic oxidation sites excluding steroid dienone is 5. The summed E-state index contributed by atoms with van der Waals surface area (Å²) in [6.07, 6.45) is 14.9. The average molecular weight is 547 g/mol. The van der Waals surface area contributed by atoms with Gasteiger partial charge in [-0.3, -0.25) is 0 Å². The highest BCUT2D eigenvalue weighted by Gasteiger charge is 2.45. The van der Waals surface area contributed by atoms with Crippen molar-refractivity contribution in [3.05, 3.63) is 35.6 Å². The van der Waals surface area contributed by atoms with E-state index in [2.05, 4.69) is 24.4 Å². The maximum Gasteiger partial charge on any atom is 0.400 e. The van der Waals surface area contributed by atoms with Crippen molar-refractivity contribution in [2.45, 2.75) is 91.1 Å². The molecule has 0 aromatic heterocycles. The molecule has 0 N–H and O–H groups in total. The van der Waals surface area contributed by atoms with E-state index in [1.54, 1.807) is 6.08 Å². The van der Waals surface area contributed by atoms with Gasteiger partial charge in [-0.05, 0) is 92.6 Å². The van der Waals surface area contributed by atoms with Gasteiger partial charge >= 0.3 is 6.11 Å². The third-order valence-electron chi connectivity index (χ3n) is 7.75. The van der Waals surface area contributed by atoms with E-state index in [4.69, 9.17) is 4.74 Å². The summed E-state index contributed by atoms with van der Waals surface area (Å²) in [4.78, 5) is 0. The van der Waals surface area contributed by atoms with Gasteiger partial charge in [0, 0.05) is 5.41 Å². The minimum absolute atomic E-state index is 0.0243. The van der Waals surface area contributed by atoms with Crippen LogP contribution in [0, 0.1) is 29.1 Å². The van der Waals surface area contributed by atoms with E-state index in [9.17, 15) is 0 Å². The van der Waals surface area contributed by atoms with E-state index in [0.717, 1.165) is 47.5 Å². The monoisotopic (exact) mass is 546 g/mol. The lowest BCUT2D eigenvalue weighted by molar-refractivity contribution is -0.254. The van der Waals surface area contributed by atoms with Crippen LogP contribution in [0.1, 0.15) is 85.0 Å². The molecule has 3 rings (SSSR count). The van der Waals surface area contributed by atoms with Gasteiger partial charge in [0.1, 0.15) is 5.76 Å². The van der Waals surface area contributed by atoms with Crippen LogP contribution in [-0.4, -0.2) is 15.1 Å². The molecule has 0 bridgehead atoms. The van der Waals surface area contributed by atoms with Crippen molar-refractivity contribution in [3.8, 4) is 0 Å². The summed E-state index contributed by atoms with van der Waals surface area (Å²) >= 11 is 0.0243. The Hall–Kier alpha value is -0.520. The van der Waals surface area contributed by atoms with E-state index in [-0.39, 0.29) is 26.1 Å². The quantitative estimate of drug-likeness (QED) is 0.168. The summed E-state index contributed by atoms with van der Waals surface area (Å²) < 4.78 is 41.0. The zero-order chi connectivity index (χ0) is 22.5. The molecule has 0 amide bonds. The molecule has 3 aliphatic carbocycles. The van der Waals surface area contributed by atoms with Crippen LogP contribution in [0.2, 0.25) is 0 Å². The van der Waals surface area contributed by atoms with Crippen LogP contribution in [0.25, 0.3) is 0 Å². The number of hydrogen-bond acceptors (Lipinski definition) is 1. The second kappa shape index (κ2) is 11.1. The second-order valence-electron chi connectivity index (χ2n) is 10.6. The summed E-state index contributed by atoms with van der Waals surface area (Å²) in [6.45, 7) is 6.50. The SMILES string of the molecule is C=ICCCC1(C)C=C(C)C=CC(OC(F)(F)C2CCC(C3CCC(C)CC3)CC2)=C1. The Morgan fingerprint density at radius 3 is 2.26 bits per heavy atom. The van der Waals surface area contributed by atoms with Gasteiger partial charge in [-0.1, -0.05) is 48.9 Å². The van der Waals surface area contributed by atoms with Crippen LogP contribution in [-0.2, 0) is 4.74 Å². The van der Waals surface area contributed by atoms with Crippen LogP contribution in [0.15, 0.2) is 35.6 Å². The van der Waals surface area contributed by atoms with Crippen molar-refractivity contribution >= 4 is 25.2 Å². The molecule has 2 fully saturated rings. The average Bonchev–Trinajstić information content (AvgIpc) is 2.86. The highest BCUT2D eigenvalue weighted by molar-refractivity contribution is 14.2. The summed E-state index contributed by atoms with van der Waals surface area (Å²) in [5, 5.41) is 0. The zero-order valence-electron chi connectivity index (χ0n) is 19.6. The highest BCUT2D eigenvalue weighted by atomic mass is 127. The fourth-order valence-corrected chi connectivity index (χ4v) is 6.79. The lowest BCUT2D eigenvalue weighted by atomic mass is 9.69. The minimum Gasteiger partial charge on any atom is -0.433 e. The van der Waals surface area contributed by atoms with E-state index >= 15 is 8.78 Å². The molecule has 176 valence electrons. The Morgan fingerprint density at radius 2 is 1.65 bits per heavy atom. The Kier molecular flexibility index (Phi) is 8.97. The fraction of sp³-hybridized carbons (Fsp3) is 0.741. The molecule has 0 spiro atoms. The van der Waals surface area contributed by atoms with E-state index in [1.165, 1.54) is 25.7 Å². The number of ether oxygens (including phenoxy) is 1. The number of rotatable bonds is 8. The molecule has 1 unspecified atom stereocenters. The molecule has 1 atom stereocenters. The molecule has 0 radical (unpaired) electrons. The molecule has 0 heterocycles. The van der Waals surface area contributed by atoms with Gasteiger partial charge in [0.15, 0.2) is 0 Å². The topological polar surface area (TPSA) is 9.23 Å². The van der Waals surface area contributed by atoms with Gasteiger partial charge in [-0.2, -0.15) is 8.78 Å². The van der Waals surface area contributed by atoms with Crippen molar-refractivity contribution in [1.82, 2.24) is 0 Å². The first-order chi connectivity index (χ1) is 14.7. The standard InChI is InChI=1S/C27H41F2IO/c1-20-6-9-22(10-7-20)23-11-13-24(14-12-23)27(28,29)31-25-15-8-21(2)18-26(3,19-25)16-5-17-30-4/h8,15,18-20,22-24H,4-7,9-14,16-17H2,1-3H3. The normalized spacial score (nSPS) is 34.6. The van der Waals surface area contributed by atoms with Crippen molar-refractivity contribution in [3.63, 3.8) is 0 Å². The molecule has 0 aromatic carbocycles. The third-order valence-corrected chi connectivity index (χ3v) is 9.28. The Labute approximate surface area is 198 Å². The number of hydrogen-bond donors (Lipinski definition) is 0.